The smallest absolute Gasteiger partial charge is 0.243 e. The van der Waals surface area contributed by atoms with Crippen molar-refractivity contribution in [3.05, 3.63) is 77.6 Å². The first-order chi connectivity index (χ1) is 18.3. The quantitative estimate of drug-likeness (QED) is 0.323. The van der Waals surface area contributed by atoms with Gasteiger partial charge >= 0.3 is 0 Å². The topological polar surface area (TPSA) is 92.7 Å². The zero-order valence-electron chi connectivity index (χ0n) is 21.6. The van der Waals surface area contributed by atoms with E-state index >= 15 is 0 Å². The zero-order valence-corrected chi connectivity index (χ0v) is 23.3. The molecule has 1 saturated heterocycles. The SMILES string of the molecule is COc1ccc(S(=O)(=O)N2CCC(C(=O)N(Cc3ccccn3)c3nc4c(C)ccc(C)c4s3)CC2)cc1. The Balaban J connectivity index is 1.38. The Morgan fingerprint density at radius 1 is 1.05 bits per heavy atom. The molecule has 5 rings (SSSR count). The van der Waals surface area contributed by atoms with Crippen LogP contribution < -0.4 is 9.64 Å². The van der Waals surface area contributed by atoms with Gasteiger partial charge in [0.25, 0.3) is 0 Å². The van der Waals surface area contributed by atoms with Crippen molar-refractivity contribution in [2.24, 2.45) is 5.92 Å². The van der Waals surface area contributed by atoms with Crippen molar-refractivity contribution >= 4 is 42.6 Å². The Morgan fingerprint density at radius 2 is 1.76 bits per heavy atom. The minimum absolute atomic E-state index is 0.0495. The van der Waals surface area contributed by atoms with Crippen LogP contribution >= 0.6 is 11.3 Å². The van der Waals surface area contributed by atoms with Gasteiger partial charge in [0.1, 0.15) is 5.75 Å². The van der Waals surface area contributed by atoms with E-state index in [1.165, 1.54) is 15.6 Å². The molecule has 10 heteroatoms. The number of amides is 1. The number of carbonyl (C=O) groups excluding carboxylic acids is 1. The first kappa shape index (κ1) is 26.3. The molecule has 198 valence electrons. The number of pyridine rings is 1. The number of thiazole rings is 1. The highest BCUT2D eigenvalue weighted by molar-refractivity contribution is 7.89. The average molecular weight is 551 g/mol. The minimum Gasteiger partial charge on any atom is -0.497 e. The monoisotopic (exact) mass is 550 g/mol. The zero-order chi connectivity index (χ0) is 26.9. The van der Waals surface area contributed by atoms with Gasteiger partial charge in [0.15, 0.2) is 5.13 Å². The van der Waals surface area contributed by atoms with Gasteiger partial charge in [0.05, 0.1) is 34.5 Å². The summed E-state index contributed by atoms with van der Waals surface area (Å²) in [6, 6.07) is 16.1. The Morgan fingerprint density at radius 3 is 2.39 bits per heavy atom. The third kappa shape index (κ3) is 5.16. The molecule has 2 aromatic heterocycles. The molecular formula is C28H30N4O4S2. The van der Waals surface area contributed by atoms with E-state index in [9.17, 15) is 13.2 Å². The summed E-state index contributed by atoms with van der Waals surface area (Å²) in [6.07, 6.45) is 2.60. The van der Waals surface area contributed by atoms with Crippen LogP contribution in [0, 0.1) is 19.8 Å². The largest absolute Gasteiger partial charge is 0.497 e. The Hall–Kier alpha value is -3.34. The van der Waals surface area contributed by atoms with Crippen LogP contribution in [0.15, 0.2) is 65.7 Å². The number of ether oxygens (including phenoxy) is 1. The van der Waals surface area contributed by atoms with Gasteiger partial charge in [-0.25, -0.2) is 13.4 Å². The van der Waals surface area contributed by atoms with Gasteiger partial charge in [-0.3, -0.25) is 14.7 Å². The molecule has 3 heterocycles. The molecule has 0 aliphatic carbocycles. The first-order valence-corrected chi connectivity index (χ1v) is 14.8. The number of methoxy groups -OCH3 is 1. The Labute approximate surface area is 227 Å². The number of benzene rings is 2. The number of fused-ring (bicyclic) bond motifs is 1. The van der Waals surface area contributed by atoms with E-state index in [4.69, 9.17) is 9.72 Å². The second-order valence-corrected chi connectivity index (χ2v) is 12.4. The average Bonchev–Trinajstić information content (AvgIpc) is 3.41. The van der Waals surface area contributed by atoms with E-state index in [2.05, 4.69) is 11.1 Å². The third-order valence-electron chi connectivity index (χ3n) is 6.97. The molecular weight excluding hydrogens is 520 g/mol. The highest BCUT2D eigenvalue weighted by Crippen LogP contribution is 2.35. The molecule has 1 aliphatic heterocycles. The van der Waals surface area contributed by atoms with Crippen molar-refractivity contribution < 1.29 is 17.9 Å². The maximum atomic E-state index is 13.9. The molecule has 1 fully saturated rings. The number of rotatable bonds is 7. The van der Waals surface area contributed by atoms with E-state index in [0.717, 1.165) is 27.0 Å². The number of nitrogens with zero attached hydrogens (tertiary/aromatic N) is 4. The van der Waals surface area contributed by atoms with Crippen molar-refractivity contribution in [2.75, 3.05) is 25.1 Å². The van der Waals surface area contributed by atoms with Gasteiger partial charge in [-0.1, -0.05) is 29.5 Å². The van der Waals surface area contributed by atoms with Gasteiger partial charge in [0.2, 0.25) is 15.9 Å². The highest BCUT2D eigenvalue weighted by atomic mass is 32.2. The van der Waals surface area contributed by atoms with Gasteiger partial charge in [0, 0.05) is 25.2 Å². The number of piperidine rings is 1. The maximum absolute atomic E-state index is 13.9. The molecule has 4 aromatic rings. The Kier molecular flexibility index (Phi) is 7.47. The molecule has 0 unspecified atom stereocenters. The standard InChI is InChI=1S/C28H30N4O4S2/c1-19-7-8-20(2)26-25(19)30-28(37-26)32(18-22-6-4-5-15-29-22)27(33)21-13-16-31(17-14-21)38(34,35)24-11-9-23(36-3)10-12-24/h4-12,15,21H,13-14,16-18H2,1-3H3. The molecule has 1 aliphatic rings. The lowest BCUT2D eigenvalue weighted by atomic mass is 9.96. The fourth-order valence-corrected chi connectivity index (χ4v) is 7.30. The van der Waals surface area contributed by atoms with Crippen LogP contribution in [0.1, 0.15) is 29.7 Å². The lowest BCUT2D eigenvalue weighted by Gasteiger charge is -2.33. The van der Waals surface area contributed by atoms with Crippen LogP contribution in [-0.4, -0.2) is 48.8 Å². The summed E-state index contributed by atoms with van der Waals surface area (Å²) in [5, 5.41) is 0.640. The number of aryl methyl sites for hydroxylation is 2. The molecule has 38 heavy (non-hydrogen) atoms. The first-order valence-electron chi connectivity index (χ1n) is 12.5. The number of anilines is 1. The van der Waals surface area contributed by atoms with Crippen LogP contribution in [0.5, 0.6) is 5.75 Å². The van der Waals surface area contributed by atoms with E-state index in [0.29, 0.717) is 30.3 Å². The molecule has 0 bridgehead atoms. The second kappa shape index (κ2) is 10.8. The fraction of sp³-hybridized carbons (Fsp3) is 0.321. The number of sulfonamides is 1. The second-order valence-electron chi connectivity index (χ2n) is 9.47. The molecule has 0 radical (unpaired) electrons. The van der Waals surface area contributed by atoms with E-state index in [-0.39, 0.29) is 29.8 Å². The summed E-state index contributed by atoms with van der Waals surface area (Å²) in [7, 11) is -2.11. The molecule has 0 spiro atoms. The summed E-state index contributed by atoms with van der Waals surface area (Å²) in [6.45, 7) is 4.94. The molecule has 0 atom stereocenters. The Bertz CT molecular complexity index is 1510. The van der Waals surface area contributed by atoms with Gasteiger partial charge in [-0.2, -0.15) is 4.31 Å². The molecule has 8 nitrogen and oxygen atoms in total. The predicted octanol–water partition coefficient (Wildman–Crippen LogP) is 4.95. The summed E-state index contributed by atoms with van der Waals surface area (Å²) < 4.78 is 34.1. The number of hydrogen-bond donors (Lipinski definition) is 0. The fourth-order valence-electron chi connectivity index (χ4n) is 4.72. The van der Waals surface area contributed by atoms with Crippen molar-refractivity contribution in [1.82, 2.24) is 14.3 Å². The summed E-state index contributed by atoms with van der Waals surface area (Å²) in [4.78, 5) is 25.2. The van der Waals surface area contributed by atoms with Crippen molar-refractivity contribution in [3.8, 4) is 5.75 Å². The number of hydrogen-bond acceptors (Lipinski definition) is 7. The number of carbonyl (C=O) groups is 1. The third-order valence-corrected chi connectivity index (χ3v) is 10.1. The van der Waals surface area contributed by atoms with E-state index in [1.54, 1.807) is 42.5 Å². The van der Waals surface area contributed by atoms with Crippen molar-refractivity contribution in [3.63, 3.8) is 0 Å². The summed E-state index contributed by atoms with van der Waals surface area (Å²) >= 11 is 1.51. The molecule has 2 aromatic carbocycles. The lowest BCUT2D eigenvalue weighted by molar-refractivity contribution is -0.123. The van der Waals surface area contributed by atoms with Gasteiger partial charge in [-0.05, 0) is 74.2 Å². The van der Waals surface area contributed by atoms with Crippen LogP contribution in [0.2, 0.25) is 0 Å². The van der Waals surface area contributed by atoms with Crippen LogP contribution in [0.25, 0.3) is 10.2 Å². The predicted molar refractivity (Wildman–Crippen MR) is 149 cm³/mol. The summed E-state index contributed by atoms with van der Waals surface area (Å²) in [5.41, 5.74) is 3.87. The van der Waals surface area contributed by atoms with Gasteiger partial charge in [-0.15, -0.1) is 0 Å². The molecule has 1 amide bonds. The normalized spacial score (nSPS) is 15.0. The van der Waals surface area contributed by atoms with Crippen molar-refractivity contribution in [1.29, 1.82) is 0 Å². The van der Waals surface area contributed by atoms with Crippen LogP contribution in [0.4, 0.5) is 5.13 Å². The van der Waals surface area contributed by atoms with E-state index < -0.39 is 10.0 Å². The van der Waals surface area contributed by atoms with Gasteiger partial charge < -0.3 is 4.74 Å². The lowest BCUT2D eigenvalue weighted by Crippen LogP contribution is -2.44. The molecule has 0 saturated carbocycles. The van der Waals surface area contributed by atoms with Crippen LogP contribution in [0.3, 0.4) is 0 Å². The minimum atomic E-state index is -3.65. The van der Waals surface area contributed by atoms with Crippen molar-refractivity contribution in [2.45, 2.75) is 38.1 Å². The summed E-state index contributed by atoms with van der Waals surface area (Å²) in [5.74, 6) is 0.239. The number of aromatic nitrogens is 2. The maximum Gasteiger partial charge on any atom is 0.243 e. The molecule has 0 N–H and O–H groups in total. The van der Waals surface area contributed by atoms with Crippen LogP contribution in [-0.2, 0) is 21.4 Å². The highest BCUT2D eigenvalue weighted by Gasteiger charge is 2.35. The van der Waals surface area contributed by atoms with E-state index in [1.807, 2.05) is 38.1 Å².